The molecule has 0 radical (unpaired) electrons. The Morgan fingerprint density at radius 3 is 1.06 bits per heavy atom. The number of rotatable bonds is 4. The molecule has 0 aliphatic heterocycles. The van der Waals surface area contributed by atoms with Crippen molar-refractivity contribution >= 4 is 39.4 Å². The summed E-state index contributed by atoms with van der Waals surface area (Å²) >= 11 is 0. The summed E-state index contributed by atoms with van der Waals surface area (Å²) in [4.78, 5) is 28.4. The number of benzene rings is 4. The molecule has 4 heteroatoms. The molecule has 1 saturated carbocycles. The predicted octanol–water partition coefficient (Wildman–Crippen LogP) is 13.4. The van der Waals surface area contributed by atoms with Crippen molar-refractivity contribution in [2.75, 3.05) is 0 Å². The van der Waals surface area contributed by atoms with Crippen molar-refractivity contribution in [2.45, 2.75) is 195 Å². The summed E-state index contributed by atoms with van der Waals surface area (Å²) in [5, 5.41) is 5.49. The molecule has 0 atom stereocenters. The van der Waals surface area contributed by atoms with Crippen LogP contribution < -0.4 is 10.6 Å². The van der Waals surface area contributed by atoms with Crippen LogP contribution in [0.25, 0.3) is 21.5 Å². The van der Waals surface area contributed by atoms with Gasteiger partial charge in [0.25, 0.3) is 0 Å². The van der Waals surface area contributed by atoms with Gasteiger partial charge in [-0.15, -0.1) is 0 Å². The Bertz CT molecular complexity index is 1910. The van der Waals surface area contributed by atoms with Gasteiger partial charge >= 0.3 is 331 Å². The normalized spacial score (nSPS) is 16.9. The molecule has 298 valence electrons. The molecule has 0 unspecified atom stereocenters. The van der Waals surface area contributed by atoms with E-state index in [-0.39, 0.29) is 27.8 Å². The van der Waals surface area contributed by atoms with Crippen molar-refractivity contribution in [1.29, 1.82) is 0 Å². The van der Waals surface area contributed by atoms with Crippen LogP contribution in [0.15, 0.2) is 48.5 Å². The Hall–Kier alpha value is -2.29. The van der Waals surface area contributed by atoms with Crippen LogP contribution in [0.3, 0.4) is 0 Å². The zero-order valence-electron chi connectivity index (χ0n) is 37.5. The summed E-state index contributed by atoms with van der Waals surface area (Å²) in [5.41, 5.74) is 5.56. The average Bonchev–Trinajstić information content (AvgIpc) is 3.00. The van der Waals surface area contributed by atoms with E-state index in [9.17, 15) is 9.79 Å². The van der Waals surface area contributed by atoms with E-state index < -0.39 is 18.1 Å². The topological polar surface area (TPSA) is 49.7 Å². The Morgan fingerprint density at radius 1 is 0.426 bits per heavy atom. The summed E-state index contributed by atoms with van der Waals surface area (Å²) < 4.78 is 7.26. The van der Waals surface area contributed by atoms with Crippen LogP contribution in [0, 0.1) is 0 Å². The molecule has 1 fully saturated rings. The van der Waals surface area contributed by atoms with Crippen LogP contribution in [0.5, 0.6) is 0 Å². The van der Waals surface area contributed by atoms with Gasteiger partial charge in [0.05, 0.1) is 0 Å². The van der Waals surface area contributed by atoms with Gasteiger partial charge in [0, 0.05) is 0 Å². The van der Waals surface area contributed by atoms with Gasteiger partial charge in [-0.3, -0.25) is 0 Å². The van der Waals surface area contributed by atoms with Gasteiger partial charge in [-0.05, 0) is 0 Å². The predicted molar refractivity (Wildman–Crippen MR) is 239 cm³/mol. The fourth-order valence-electron chi connectivity index (χ4n) is 8.47. The van der Waals surface area contributed by atoms with E-state index in [4.69, 9.17) is 4.52 Å². The number of hydrogen-bond donors (Lipinski definition) is 2. The number of fused-ring (bicyclic) bond motifs is 2. The molecule has 1 aliphatic rings. The molecule has 2 N–H and O–H groups in total. The monoisotopic (exact) mass is 755 g/mol. The van der Waals surface area contributed by atoms with Crippen molar-refractivity contribution in [3.8, 4) is 0 Å². The molecule has 5 rings (SSSR count). The first-order valence-electron chi connectivity index (χ1n) is 20.7. The van der Waals surface area contributed by atoms with Gasteiger partial charge in [-0.2, -0.15) is 0 Å². The second-order valence-electron chi connectivity index (χ2n) is 23.0. The van der Waals surface area contributed by atoms with Crippen molar-refractivity contribution in [3.63, 3.8) is 0 Å². The zero-order valence-corrected chi connectivity index (χ0v) is 38.4. The first kappa shape index (κ1) is 42.8. The first-order chi connectivity index (χ1) is 24.2. The molecule has 4 aromatic rings. The van der Waals surface area contributed by atoms with Gasteiger partial charge in [0.1, 0.15) is 0 Å². The zero-order chi connectivity index (χ0) is 40.9. The first-order valence-corrected chi connectivity index (χ1v) is 22.8. The van der Waals surface area contributed by atoms with Crippen molar-refractivity contribution < 1.29 is 14.3 Å². The van der Waals surface area contributed by atoms with E-state index in [1.807, 2.05) is 0 Å². The van der Waals surface area contributed by atoms with Gasteiger partial charge in [0.15, 0.2) is 0 Å². The SMILES string of the molecule is CC(C)(C)c1cc(C(C)(C)C)c2cc(P(O)(O)(OC3CCCCC3)c3cc4c(C(C)(C)C)cc(C(C)(C)C)cc4cc3C(C)(C)C)c(C(C)(C)C)cc2c1. The minimum absolute atomic E-state index is 0.0453. The van der Waals surface area contributed by atoms with Crippen LogP contribution in [0.2, 0.25) is 0 Å². The maximum absolute atomic E-state index is 14.2. The van der Waals surface area contributed by atoms with Crippen LogP contribution in [-0.4, -0.2) is 15.9 Å². The number of hydrogen-bond acceptors (Lipinski definition) is 3. The van der Waals surface area contributed by atoms with Crippen LogP contribution >= 0.6 is 7.28 Å². The van der Waals surface area contributed by atoms with Crippen molar-refractivity contribution in [2.24, 2.45) is 0 Å². The molecule has 3 nitrogen and oxygen atoms in total. The third-order valence-corrected chi connectivity index (χ3v) is 15.0. The second kappa shape index (κ2) is 13.4. The summed E-state index contributed by atoms with van der Waals surface area (Å²) in [6.45, 7) is 40.4. The summed E-state index contributed by atoms with van der Waals surface area (Å²) in [6.07, 6.45) is 4.58. The molecule has 0 bridgehead atoms. The average molecular weight is 755 g/mol. The van der Waals surface area contributed by atoms with Crippen molar-refractivity contribution in [3.05, 3.63) is 81.9 Å². The van der Waals surface area contributed by atoms with Crippen LogP contribution in [0.4, 0.5) is 0 Å². The molecule has 0 aromatic heterocycles. The molecule has 54 heavy (non-hydrogen) atoms. The Labute approximate surface area is 329 Å². The summed E-state index contributed by atoms with van der Waals surface area (Å²) in [7, 11) is -5.44. The molecular formula is C50H75O3P. The molecular weight excluding hydrogens is 680 g/mol. The third-order valence-electron chi connectivity index (χ3n) is 11.9. The third kappa shape index (κ3) is 8.23. The molecule has 4 aromatic carbocycles. The minimum atomic E-state index is -5.44. The van der Waals surface area contributed by atoms with Crippen LogP contribution in [-0.2, 0) is 37.0 Å². The van der Waals surface area contributed by atoms with Crippen LogP contribution in [0.1, 0.15) is 190 Å². The molecule has 0 amide bonds. The molecule has 0 heterocycles. The fourth-order valence-corrected chi connectivity index (χ4v) is 12.1. The Morgan fingerprint density at radius 2 is 0.759 bits per heavy atom. The van der Waals surface area contributed by atoms with Gasteiger partial charge < -0.3 is 0 Å². The maximum atomic E-state index is 14.2. The summed E-state index contributed by atoms with van der Waals surface area (Å²) in [6, 6.07) is 18.2. The van der Waals surface area contributed by atoms with Gasteiger partial charge in [-0.25, -0.2) is 0 Å². The van der Waals surface area contributed by atoms with E-state index in [0.29, 0.717) is 10.6 Å². The fraction of sp³-hybridized carbons (Fsp3) is 0.600. The summed E-state index contributed by atoms with van der Waals surface area (Å²) in [5.74, 6) is 0. The standard InChI is InChI=1S/C50H75O3P/c1-45(2,3)34-24-32-26-41(49(13,14)15)43(30-37(32)39(28-34)47(7,8)9)54(51,52,53-36-22-20-19-21-23-36)44-31-38-33(27-42(44)50(16,17)18)25-35(46(4,5)6)29-40(38)48(10,11)12/h24-31,36,51-52H,19-23H2,1-18H3. The van der Waals surface area contributed by atoms with E-state index in [1.54, 1.807) is 0 Å². The van der Waals surface area contributed by atoms with E-state index in [1.165, 1.54) is 22.3 Å². The van der Waals surface area contributed by atoms with Gasteiger partial charge in [0.2, 0.25) is 0 Å². The van der Waals surface area contributed by atoms with Gasteiger partial charge in [-0.1, -0.05) is 0 Å². The second-order valence-corrected chi connectivity index (χ2v) is 26.1. The van der Waals surface area contributed by atoms with E-state index >= 15 is 0 Å². The molecule has 0 saturated heterocycles. The Balaban J connectivity index is 2.06. The van der Waals surface area contributed by atoms with E-state index in [2.05, 4.69) is 173 Å². The molecule has 1 aliphatic carbocycles. The Kier molecular flexibility index (Phi) is 10.6. The van der Waals surface area contributed by atoms with E-state index in [0.717, 1.165) is 64.8 Å². The molecule has 0 spiro atoms. The van der Waals surface area contributed by atoms with Crippen molar-refractivity contribution in [1.82, 2.24) is 0 Å². The quantitative estimate of drug-likeness (QED) is 0.204.